The molecule has 0 radical (unpaired) electrons. The number of rotatable bonds is 8. The molecule has 2 fully saturated rings. The van der Waals surface area contributed by atoms with Gasteiger partial charge in [0.15, 0.2) is 0 Å². The van der Waals surface area contributed by atoms with Crippen molar-refractivity contribution in [2.45, 2.75) is 95.8 Å². The first-order chi connectivity index (χ1) is 22.9. The van der Waals surface area contributed by atoms with Crippen LogP contribution in [0.25, 0.3) is 16.7 Å². The van der Waals surface area contributed by atoms with Crippen LogP contribution in [0.3, 0.4) is 0 Å². The molecule has 6 rings (SSSR count). The Morgan fingerprint density at radius 1 is 0.771 bits per heavy atom. The van der Waals surface area contributed by atoms with E-state index in [0.717, 1.165) is 61.8 Å². The molecule has 3 aromatic rings. The Kier molecular flexibility index (Phi) is 9.91. The maximum absolute atomic E-state index is 14.0. The van der Waals surface area contributed by atoms with Gasteiger partial charge in [-0.3, -0.25) is 4.98 Å². The smallest absolute Gasteiger partial charge is 0.354 e. The van der Waals surface area contributed by atoms with Crippen LogP contribution < -0.4 is 5.32 Å². The number of hydrogen-bond acceptors (Lipinski definition) is 2. The molecule has 48 heavy (non-hydrogen) atoms. The van der Waals surface area contributed by atoms with Gasteiger partial charge in [0.2, 0.25) is 0 Å². The molecule has 2 saturated carbocycles. The van der Waals surface area contributed by atoms with Crippen LogP contribution in [0.2, 0.25) is 0 Å². The highest BCUT2D eigenvalue weighted by Gasteiger charge is 2.38. The van der Waals surface area contributed by atoms with Crippen molar-refractivity contribution in [2.24, 2.45) is 11.8 Å². The van der Waals surface area contributed by atoms with Gasteiger partial charge in [0.1, 0.15) is 0 Å². The lowest BCUT2D eigenvalue weighted by Gasteiger charge is -2.20. The summed E-state index contributed by atoms with van der Waals surface area (Å²) in [5, 5.41) is 3.29. The van der Waals surface area contributed by atoms with Crippen LogP contribution >= 0.6 is 0 Å². The van der Waals surface area contributed by atoms with E-state index in [2.05, 4.69) is 42.3 Å². The van der Waals surface area contributed by atoms with Gasteiger partial charge in [-0.15, -0.1) is 0 Å². The lowest BCUT2D eigenvalue weighted by atomic mass is 9.86. The van der Waals surface area contributed by atoms with Crippen LogP contribution in [-0.2, 0) is 0 Å². The highest BCUT2D eigenvalue weighted by molar-refractivity contribution is 5.84. The summed E-state index contributed by atoms with van der Waals surface area (Å²) in [6, 6.07) is 15.6. The molecule has 2 nitrogen and oxygen atoms in total. The van der Waals surface area contributed by atoms with Gasteiger partial charge >= 0.3 is 12.4 Å². The van der Waals surface area contributed by atoms with Crippen molar-refractivity contribution in [3.05, 3.63) is 107 Å². The fraction of sp³-hybridized carbons (Fsp3) is 0.425. The minimum atomic E-state index is -4.80. The Hall–Kier alpha value is -3.81. The Morgan fingerprint density at radius 2 is 1.48 bits per heavy atom. The average molecular weight is 665 g/mol. The number of aromatic nitrogens is 1. The van der Waals surface area contributed by atoms with Gasteiger partial charge in [-0.1, -0.05) is 57.4 Å². The van der Waals surface area contributed by atoms with Crippen molar-refractivity contribution < 1.29 is 26.3 Å². The molecule has 1 N–H and O–H groups in total. The second-order valence-electron chi connectivity index (χ2n) is 14.0. The minimum Gasteiger partial charge on any atom is -0.354 e. The molecule has 3 aliphatic carbocycles. The number of halogens is 6. The van der Waals surface area contributed by atoms with Crippen molar-refractivity contribution in [3.63, 3.8) is 0 Å². The molecule has 0 spiro atoms. The molecule has 254 valence electrons. The van der Waals surface area contributed by atoms with Gasteiger partial charge in [-0.2, -0.15) is 26.3 Å². The second kappa shape index (κ2) is 14.0. The molecule has 0 amide bonds. The lowest BCUT2D eigenvalue weighted by Crippen LogP contribution is -2.12. The van der Waals surface area contributed by atoms with E-state index in [-0.39, 0.29) is 11.1 Å². The zero-order valence-electron chi connectivity index (χ0n) is 27.4. The van der Waals surface area contributed by atoms with E-state index < -0.39 is 29.9 Å². The van der Waals surface area contributed by atoms with E-state index in [1.54, 1.807) is 30.6 Å². The first-order valence-corrected chi connectivity index (χ1v) is 17.1. The average Bonchev–Trinajstić information content (AvgIpc) is 3.62. The maximum atomic E-state index is 14.0. The SMILES string of the molecule is CCCC1CCC(c2cc(-c3cc(Nc4cccnc4)cc(C4=CC(C(F)(F)F)=CCC(C(F)(F)F)=C4)c3)cc(C3CCC(C)C3)c2)C1. The molecule has 3 aliphatic rings. The van der Waals surface area contributed by atoms with Gasteiger partial charge in [0, 0.05) is 17.5 Å². The molecule has 1 aromatic heterocycles. The molecule has 0 bridgehead atoms. The number of nitrogens with one attached hydrogen (secondary N) is 1. The molecule has 8 heteroatoms. The van der Waals surface area contributed by atoms with Crippen LogP contribution in [0.1, 0.15) is 100 Å². The summed E-state index contributed by atoms with van der Waals surface area (Å²) in [4.78, 5) is 4.16. The number of pyridine rings is 1. The second-order valence-corrected chi connectivity index (χ2v) is 14.0. The van der Waals surface area contributed by atoms with E-state index in [1.807, 2.05) is 12.1 Å². The third-order valence-electron chi connectivity index (χ3n) is 10.3. The van der Waals surface area contributed by atoms with Crippen LogP contribution in [0, 0.1) is 11.8 Å². The highest BCUT2D eigenvalue weighted by Crippen LogP contribution is 2.46. The normalized spacial score (nSPS) is 23.4. The molecule has 4 unspecified atom stereocenters. The van der Waals surface area contributed by atoms with Gasteiger partial charge in [0.25, 0.3) is 0 Å². The quantitative estimate of drug-likeness (QED) is 0.242. The summed E-state index contributed by atoms with van der Waals surface area (Å²) in [7, 11) is 0. The van der Waals surface area contributed by atoms with Gasteiger partial charge in [0.05, 0.1) is 17.5 Å². The molecule has 4 atom stereocenters. The number of nitrogens with zero attached hydrogens (tertiary/aromatic N) is 1. The Morgan fingerprint density at radius 3 is 2.12 bits per heavy atom. The zero-order valence-corrected chi connectivity index (χ0v) is 27.4. The van der Waals surface area contributed by atoms with Crippen LogP contribution in [0.4, 0.5) is 37.7 Å². The fourth-order valence-corrected chi connectivity index (χ4v) is 7.81. The number of benzene rings is 2. The fourth-order valence-electron chi connectivity index (χ4n) is 7.81. The zero-order chi connectivity index (χ0) is 34.1. The lowest BCUT2D eigenvalue weighted by molar-refractivity contribution is -0.0945. The molecule has 0 aliphatic heterocycles. The predicted octanol–water partition coefficient (Wildman–Crippen LogP) is 12.8. The Bertz CT molecular complexity index is 1700. The standard InChI is InChI=1S/C40H42F6N2/c1-3-5-26-8-10-28(15-26)30-16-29(27-9-7-25(2)14-27)17-31(18-30)32-19-33(23-38(22-32)48-37-6-4-13-47-24-37)34-20-35(39(41,42)43)11-12-36(21-34)40(44,45)46/h4,6,11,13,16-28,48H,3,5,7-10,12,14-15H2,1-2H3. The van der Waals surface area contributed by atoms with Crippen molar-refractivity contribution in [2.75, 3.05) is 5.32 Å². The van der Waals surface area contributed by atoms with Crippen LogP contribution in [-0.4, -0.2) is 17.3 Å². The largest absolute Gasteiger partial charge is 0.416 e. The Labute approximate surface area is 279 Å². The number of alkyl halides is 6. The summed E-state index contributed by atoms with van der Waals surface area (Å²) in [5.74, 6) is 2.18. The molecule has 2 aromatic carbocycles. The predicted molar refractivity (Wildman–Crippen MR) is 181 cm³/mol. The minimum absolute atomic E-state index is 0.140. The third kappa shape index (κ3) is 8.07. The van der Waals surface area contributed by atoms with Gasteiger partial charge in [-0.25, -0.2) is 0 Å². The topological polar surface area (TPSA) is 24.9 Å². The first-order valence-electron chi connectivity index (χ1n) is 17.1. The van der Waals surface area contributed by atoms with Gasteiger partial charge < -0.3 is 5.32 Å². The van der Waals surface area contributed by atoms with E-state index in [9.17, 15) is 26.3 Å². The third-order valence-corrected chi connectivity index (χ3v) is 10.3. The molecular formula is C40H42F6N2. The van der Waals surface area contributed by atoms with Crippen LogP contribution in [0.5, 0.6) is 0 Å². The first kappa shape index (κ1) is 34.1. The number of hydrogen-bond donors (Lipinski definition) is 1. The maximum Gasteiger partial charge on any atom is 0.416 e. The van der Waals surface area contributed by atoms with Crippen molar-refractivity contribution in [3.8, 4) is 11.1 Å². The molecule has 0 saturated heterocycles. The Balaban J connectivity index is 1.50. The van der Waals surface area contributed by atoms with Crippen molar-refractivity contribution in [1.29, 1.82) is 0 Å². The van der Waals surface area contributed by atoms with E-state index in [0.29, 0.717) is 41.1 Å². The summed E-state index contributed by atoms with van der Waals surface area (Å²) in [5.41, 5.74) is 3.42. The molecule has 1 heterocycles. The van der Waals surface area contributed by atoms with E-state index >= 15 is 0 Å². The molecular weight excluding hydrogens is 622 g/mol. The number of anilines is 2. The highest BCUT2D eigenvalue weighted by atomic mass is 19.4. The van der Waals surface area contributed by atoms with E-state index in [1.165, 1.54) is 24.0 Å². The summed E-state index contributed by atoms with van der Waals surface area (Å²) in [6.45, 7) is 4.51. The van der Waals surface area contributed by atoms with Crippen molar-refractivity contribution >= 4 is 16.9 Å². The summed E-state index contributed by atoms with van der Waals surface area (Å²) < 4.78 is 84.0. The van der Waals surface area contributed by atoms with Crippen LogP contribution in [0.15, 0.2) is 90.3 Å². The van der Waals surface area contributed by atoms with Crippen molar-refractivity contribution in [1.82, 2.24) is 4.98 Å². The summed E-state index contributed by atoms with van der Waals surface area (Å²) >= 11 is 0. The van der Waals surface area contributed by atoms with E-state index in [4.69, 9.17) is 0 Å². The monoisotopic (exact) mass is 664 g/mol. The number of allylic oxidation sites excluding steroid dienone is 6. The van der Waals surface area contributed by atoms with Gasteiger partial charge in [-0.05, 0) is 138 Å². The summed E-state index contributed by atoms with van der Waals surface area (Å²) in [6.07, 6.45) is 4.33.